The van der Waals surface area contributed by atoms with Gasteiger partial charge in [-0.2, -0.15) is 0 Å². The summed E-state index contributed by atoms with van der Waals surface area (Å²) in [6, 6.07) is 11.9. The molecule has 2 N–H and O–H groups in total. The summed E-state index contributed by atoms with van der Waals surface area (Å²) in [5.41, 5.74) is 1.68. The van der Waals surface area contributed by atoms with Crippen LogP contribution in [0.5, 0.6) is 11.5 Å². The van der Waals surface area contributed by atoms with Crippen molar-refractivity contribution in [2.24, 2.45) is 11.8 Å². The first-order valence-corrected chi connectivity index (χ1v) is 8.63. The molecule has 1 heterocycles. The lowest BCUT2D eigenvalue weighted by Gasteiger charge is -2.07. The smallest absolute Gasteiger partial charge is 0.231 e. The number of nitrogens with one attached hydrogen (secondary N) is 2. The topological polar surface area (TPSA) is 93.7 Å². The molecule has 2 unspecified atom stereocenters. The largest absolute Gasteiger partial charge is 0.454 e. The van der Waals surface area contributed by atoms with Crippen molar-refractivity contribution in [3.05, 3.63) is 48.0 Å². The molecular formula is C20H18N2O5. The standard InChI is InChI=1S/C20H18N2O5/c1-11(23)12-3-2-4-13(7-12)21-19(24)15-9-16(15)20(25)22-14-5-6-17-18(8-14)27-10-26-17/h2-8,15-16H,9-10H2,1H3,(H,21,24)(H,22,25). The number of Topliss-reactive ketones (excluding diaryl/α,β-unsaturated/α-hetero) is 1. The van der Waals surface area contributed by atoms with Crippen molar-refractivity contribution in [3.63, 3.8) is 0 Å². The third-order valence-electron chi connectivity index (χ3n) is 4.64. The molecular weight excluding hydrogens is 348 g/mol. The Balaban J connectivity index is 1.34. The molecule has 0 bridgehead atoms. The Bertz CT molecular complexity index is 940. The highest BCUT2D eigenvalue weighted by Gasteiger charge is 2.48. The van der Waals surface area contributed by atoms with Gasteiger partial charge in [0.2, 0.25) is 18.6 Å². The highest BCUT2D eigenvalue weighted by Crippen LogP contribution is 2.41. The van der Waals surface area contributed by atoms with Crippen molar-refractivity contribution in [1.29, 1.82) is 0 Å². The fourth-order valence-electron chi connectivity index (χ4n) is 3.03. The second kappa shape index (κ2) is 6.75. The molecule has 1 aliphatic carbocycles. The van der Waals surface area contributed by atoms with Crippen molar-refractivity contribution in [3.8, 4) is 11.5 Å². The van der Waals surface area contributed by atoms with Gasteiger partial charge in [-0.25, -0.2) is 0 Å². The molecule has 1 fully saturated rings. The Morgan fingerprint density at radius 3 is 2.26 bits per heavy atom. The predicted molar refractivity (Wildman–Crippen MR) is 97.9 cm³/mol. The maximum atomic E-state index is 12.4. The lowest BCUT2D eigenvalue weighted by molar-refractivity contribution is -0.122. The van der Waals surface area contributed by atoms with Crippen molar-refractivity contribution >= 4 is 29.0 Å². The summed E-state index contributed by atoms with van der Waals surface area (Å²) in [6.45, 7) is 1.64. The van der Waals surface area contributed by atoms with Crippen LogP contribution in [0.3, 0.4) is 0 Å². The van der Waals surface area contributed by atoms with Gasteiger partial charge in [0.25, 0.3) is 0 Å². The van der Waals surface area contributed by atoms with E-state index in [1.54, 1.807) is 42.5 Å². The van der Waals surface area contributed by atoms with Gasteiger partial charge < -0.3 is 20.1 Å². The van der Waals surface area contributed by atoms with Crippen LogP contribution in [0.1, 0.15) is 23.7 Å². The third kappa shape index (κ3) is 3.62. The normalized spacial score (nSPS) is 19.3. The molecule has 138 valence electrons. The summed E-state index contributed by atoms with van der Waals surface area (Å²) in [5, 5.41) is 5.58. The Morgan fingerprint density at radius 2 is 1.56 bits per heavy atom. The van der Waals surface area contributed by atoms with Gasteiger partial charge in [-0.15, -0.1) is 0 Å². The van der Waals surface area contributed by atoms with E-state index >= 15 is 0 Å². The highest BCUT2D eigenvalue weighted by molar-refractivity contribution is 6.04. The number of ketones is 1. The maximum Gasteiger partial charge on any atom is 0.231 e. The molecule has 0 aromatic heterocycles. The fourth-order valence-corrected chi connectivity index (χ4v) is 3.03. The number of hydrogen-bond acceptors (Lipinski definition) is 5. The number of fused-ring (bicyclic) bond motifs is 1. The van der Waals surface area contributed by atoms with Crippen LogP contribution in [0, 0.1) is 11.8 Å². The first-order chi connectivity index (χ1) is 13.0. The van der Waals surface area contributed by atoms with Gasteiger partial charge in [0.1, 0.15) is 0 Å². The number of benzene rings is 2. The van der Waals surface area contributed by atoms with E-state index < -0.39 is 0 Å². The minimum absolute atomic E-state index is 0.0708. The van der Waals surface area contributed by atoms with Crippen LogP contribution in [-0.2, 0) is 9.59 Å². The van der Waals surface area contributed by atoms with E-state index in [0.717, 1.165) is 0 Å². The van der Waals surface area contributed by atoms with Crippen molar-refractivity contribution in [2.75, 3.05) is 17.4 Å². The second-order valence-electron chi connectivity index (χ2n) is 6.63. The van der Waals surface area contributed by atoms with E-state index in [2.05, 4.69) is 10.6 Å². The van der Waals surface area contributed by atoms with Crippen LogP contribution in [0.2, 0.25) is 0 Å². The molecule has 0 radical (unpaired) electrons. The van der Waals surface area contributed by atoms with E-state index in [4.69, 9.17) is 9.47 Å². The molecule has 4 rings (SSSR count). The number of anilines is 2. The monoisotopic (exact) mass is 366 g/mol. The third-order valence-corrected chi connectivity index (χ3v) is 4.64. The molecule has 1 saturated carbocycles. The second-order valence-corrected chi connectivity index (χ2v) is 6.63. The van der Waals surface area contributed by atoms with Gasteiger partial charge >= 0.3 is 0 Å². The Morgan fingerprint density at radius 1 is 0.889 bits per heavy atom. The van der Waals surface area contributed by atoms with Gasteiger partial charge in [0.15, 0.2) is 17.3 Å². The first-order valence-electron chi connectivity index (χ1n) is 8.63. The van der Waals surface area contributed by atoms with Crippen LogP contribution >= 0.6 is 0 Å². The number of carbonyl (C=O) groups excluding carboxylic acids is 3. The fraction of sp³-hybridized carbons (Fsp3) is 0.250. The molecule has 1 aliphatic heterocycles. The van der Waals surface area contributed by atoms with Crippen LogP contribution in [0.4, 0.5) is 11.4 Å². The summed E-state index contributed by atoms with van der Waals surface area (Å²) in [4.78, 5) is 36.2. The van der Waals surface area contributed by atoms with Gasteiger partial charge in [-0.3, -0.25) is 14.4 Å². The SMILES string of the molecule is CC(=O)c1cccc(NC(=O)C2CC2C(=O)Nc2ccc3c(c2)OCO3)c1. The van der Waals surface area contributed by atoms with E-state index in [0.29, 0.717) is 34.9 Å². The summed E-state index contributed by atoms with van der Waals surface area (Å²) in [7, 11) is 0. The number of hydrogen-bond donors (Lipinski definition) is 2. The van der Waals surface area contributed by atoms with E-state index in [9.17, 15) is 14.4 Å². The van der Waals surface area contributed by atoms with Crippen molar-refractivity contribution in [1.82, 2.24) is 0 Å². The predicted octanol–water partition coefficient (Wildman–Crippen LogP) is 2.83. The molecule has 2 amide bonds. The lowest BCUT2D eigenvalue weighted by atomic mass is 10.1. The minimum Gasteiger partial charge on any atom is -0.454 e. The van der Waals surface area contributed by atoms with E-state index in [1.165, 1.54) is 6.92 Å². The molecule has 27 heavy (non-hydrogen) atoms. The van der Waals surface area contributed by atoms with Crippen LogP contribution in [0.25, 0.3) is 0 Å². The van der Waals surface area contributed by atoms with E-state index in [-0.39, 0.29) is 36.2 Å². The zero-order valence-corrected chi connectivity index (χ0v) is 14.7. The van der Waals surface area contributed by atoms with Crippen LogP contribution in [0.15, 0.2) is 42.5 Å². The molecule has 2 aromatic carbocycles. The number of amides is 2. The summed E-state index contributed by atoms with van der Waals surface area (Å²) in [5.74, 6) is -0.00865. The van der Waals surface area contributed by atoms with Gasteiger partial charge in [0, 0.05) is 23.0 Å². The van der Waals surface area contributed by atoms with Gasteiger partial charge in [-0.05, 0) is 37.6 Å². The zero-order valence-electron chi connectivity index (χ0n) is 14.7. The van der Waals surface area contributed by atoms with Crippen LogP contribution in [-0.4, -0.2) is 24.4 Å². The van der Waals surface area contributed by atoms with Gasteiger partial charge in [0.05, 0.1) is 11.8 Å². The highest BCUT2D eigenvalue weighted by atomic mass is 16.7. The maximum absolute atomic E-state index is 12.4. The average Bonchev–Trinajstić information content (AvgIpc) is 3.33. The average molecular weight is 366 g/mol. The van der Waals surface area contributed by atoms with Gasteiger partial charge in [-0.1, -0.05) is 12.1 Å². The molecule has 0 saturated heterocycles. The Labute approximate surface area is 155 Å². The molecule has 7 heteroatoms. The van der Waals surface area contributed by atoms with Crippen LogP contribution < -0.4 is 20.1 Å². The molecule has 2 aliphatic rings. The summed E-state index contributed by atoms with van der Waals surface area (Å²) >= 11 is 0. The quantitative estimate of drug-likeness (QED) is 0.794. The summed E-state index contributed by atoms with van der Waals surface area (Å²) in [6.07, 6.45) is 0.495. The molecule has 2 aromatic rings. The van der Waals surface area contributed by atoms with Crippen molar-refractivity contribution in [2.45, 2.75) is 13.3 Å². The summed E-state index contributed by atoms with van der Waals surface area (Å²) < 4.78 is 10.5. The first kappa shape index (κ1) is 17.1. The minimum atomic E-state index is -0.375. The molecule has 7 nitrogen and oxygen atoms in total. The van der Waals surface area contributed by atoms with E-state index in [1.807, 2.05) is 0 Å². The number of rotatable bonds is 5. The number of ether oxygens (including phenoxy) is 2. The lowest BCUT2D eigenvalue weighted by Crippen LogP contribution is -2.20. The Kier molecular flexibility index (Phi) is 4.27. The zero-order chi connectivity index (χ0) is 19.0. The Hall–Kier alpha value is -3.35. The van der Waals surface area contributed by atoms with Crippen molar-refractivity contribution < 1.29 is 23.9 Å². The molecule has 0 spiro atoms. The molecule has 2 atom stereocenters. The number of carbonyl (C=O) groups is 3.